The van der Waals surface area contributed by atoms with Crippen LogP contribution in [0, 0.1) is 0 Å². The molecule has 0 saturated heterocycles. The van der Waals surface area contributed by atoms with Crippen LogP contribution in [0.25, 0.3) is 0 Å². The molecule has 2 rings (SSSR count). The number of hydrogen-bond donors (Lipinski definition) is 2. The van der Waals surface area contributed by atoms with E-state index in [1.807, 2.05) is 30.3 Å². The van der Waals surface area contributed by atoms with Gasteiger partial charge in [0.25, 0.3) is 0 Å². The van der Waals surface area contributed by atoms with Crippen LogP contribution in [0.15, 0.2) is 40.7 Å². The molecule has 1 unspecified atom stereocenters. The van der Waals surface area contributed by atoms with Crippen molar-refractivity contribution in [3.63, 3.8) is 0 Å². The molecule has 0 aliphatic heterocycles. The van der Waals surface area contributed by atoms with Gasteiger partial charge in [0.1, 0.15) is 0 Å². The second-order valence-corrected chi connectivity index (χ2v) is 8.09. The summed E-state index contributed by atoms with van der Waals surface area (Å²) in [6.07, 6.45) is -4.05. The first kappa shape index (κ1) is 24.8. The van der Waals surface area contributed by atoms with Crippen LogP contribution in [0.1, 0.15) is 16.3 Å². The summed E-state index contributed by atoms with van der Waals surface area (Å²) in [4.78, 5) is 7.63. The summed E-state index contributed by atoms with van der Waals surface area (Å²) in [5.41, 5.74) is 0.172. The zero-order valence-electron chi connectivity index (χ0n) is 15.2. The number of aromatic nitrogens is 1. The largest absolute Gasteiger partial charge is 0.434 e. The molecule has 0 bridgehead atoms. The molecule has 156 valence electrons. The highest BCUT2D eigenvalue weighted by Crippen LogP contribution is 2.29. The molecule has 28 heavy (non-hydrogen) atoms. The molecule has 1 heterocycles. The Morgan fingerprint density at radius 1 is 1.21 bits per heavy atom. The van der Waals surface area contributed by atoms with Crippen molar-refractivity contribution in [2.24, 2.45) is 4.99 Å². The van der Waals surface area contributed by atoms with Crippen molar-refractivity contribution >= 4 is 52.1 Å². The Morgan fingerprint density at radius 3 is 2.50 bits per heavy atom. The number of halogens is 4. The highest BCUT2D eigenvalue weighted by atomic mass is 127. The van der Waals surface area contributed by atoms with E-state index in [0.717, 1.165) is 22.3 Å². The lowest BCUT2D eigenvalue weighted by molar-refractivity contribution is -0.140. The number of thiazole rings is 1. The maximum absolute atomic E-state index is 12.5. The van der Waals surface area contributed by atoms with E-state index in [-0.39, 0.29) is 24.0 Å². The van der Waals surface area contributed by atoms with E-state index in [1.165, 1.54) is 0 Å². The second-order valence-electron chi connectivity index (χ2n) is 5.57. The third-order valence-corrected chi connectivity index (χ3v) is 5.71. The zero-order valence-corrected chi connectivity index (χ0v) is 19.1. The summed E-state index contributed by atoms with van der Waals surface area (Å²) < 4.78 is 49.6. The van der Waals surface area contributed by atoms with Crippen LogP contribution in [-0.4, -0.2) is 41.0 Å². The quantitative estimate of drug-likeness (QED) is 0.303. The molecular weight excluding hydrogens is 524 g/mol. The van der Waals surface area contributed by atoms with E-state index in [9.17, 15) is 17.4 Å². The molecule has 1 aromatic carbocycles. The lowest BCUT2D eigenvalue weighted by atomic mass is 10.2. The first-order chi connectivity index (χ1) is 12.9. The molecular formula is C17H22F3IN4OS2. The minimum atomic E-state index is -4.41. The molecule has 11 heteroatoms. The molecule has 2 aromatic rings. The molecule has 2 N–H and O–H groups in total. The molecule has 1 atom stereocenters. The summed E-state index contributed by atoms with van der Waals surface area (Å²) in [5, 5.41) is 7.50. The number of aliphatic imine (C=N–C) groups is 1. The van der Waals surface area contributed by atoms with Gasteiger partial charge in [-0.25, -0.2) is 4.98 Å². The van der Waals surface area contributed by atoms with Crippen LogP contribution in [-0.2, 0) is 29.1 Å². The summed E-state index contributed by atoms with van der Waals surface area (Å²) in [6, 6.07) is 9.62. The van der Waals surface area contributed by atoms with Crippen molar-refractivity contribution in [3.05, 3.63) is 52.0 Å². The fourth-order valence-corrected chi connectivity index (χ4v) is 4.02. The Kier molecular flexibility index (Phi) is 11.0. The molecule has 0 spiro atoms. The van der Waals surface area contributed by atoms with E-state index in [1.54, 1.807) is 7.05 Å². The lowest BCUT2D eigenvalue weighted by Gasteiger charge is -2.11. The summed E-state index contributed by atoms with van der Waals surface area (Å²) >= 11 is 0.987. The van der Waals surface area contributed by atoms with Crippen molar-refractivity contribution in [1.29, 1.82) is 0 Å². The van der Waals surface area contributed by atoms with Gasteiger partial charge in [-0.1, -0.05) is 30.3 Å². The number of nitrogens with zero attached hydrogens (tertiary/aromatic N) is 2. The van der Waals surface area contributed by atoms with E-state index in [4.69, 9.17) is 0 Å². The number of guanidine groups is 1. The smallest absolute Gasteiger partial charge is 0.356 e. The lowest BCUT2D eigenvalue weighted by Crippen LogP contribution is -2.40. The fraction of sp³-hybridized carbons (Fsp3) is 0.412. The predicted molar refractivity (Wildman–Crippen MR) is 119 cm³/mol. The highest BCUT2D eigenvalue weighted by Gasteiger charge is 2.33. The first-order valence-corrected chi connectivity index (χ1v) is 10.6. The Bertz CT molecular complexity index is 769. The van der Waals surface area contributed by atoms with Gasteiger partial charge in [-0.05, 0) is 5.56 Å². The Hall–Kier alpha value is -1.21. The first-order valence-electron chi connectivity index (χ1n) is 8.23. The highest BCUT2D eigenvalue weighted by molar-refractivity contribution is 14.0. The molecule has 0 saturated carbocycles. The van der Waals surface area contributed by atoms with E-state index >= 15 is 0 Å². The van der Waals surface area contributed by atoms with Crippen molar-refractivity contribution in [1.82, 2.24) is 15.6 Å². The van der Waals surface area contributed by atoms with E-state index < -0.39 is 22.7 Å². The summed E-state index contributed by atoms with van der Waals surface area (Å²) in [5.74, 6) is 1.48. The molecule has 0 fully saturated rings. The van der Waals surface area contributed by atoms with Crippen molar-refractivity contribution in [3.8, 4) is 0 Å². The predicted octanol–water partition coefficient (Wildman–Crippen LogP) is 3.44. The van der Waals surface area contributed by atoms with Crippen molar-refractivity contribution < 1.29 is 17.4 Å². The third kappa shape index (κ3) is 8.86. The van der Waals surface area contributed by atoms with Crippen LogP contribution in [0.3, 0.4) is 0 Å². The van der Waals surface area contributed by atoms with Crippen LogP contribution in [0.4, 0.5) is 13.2 Å². The van der Waals surface area contributed by atoms with Gasteiger partial charge >= 0.3 is 6.18 Å². The van der Waals surface area contributed by atoms with E-state index in [2.05, 4.69) is 20.6 Å². The van der Waals surface area contributed by atoms with Gasteiger partial charge < -0.3 is 10.6 Å². The SMILES string of the molecule is CN=C(NCCc1nc(C(F)(F)F)cs1)NCCS(=O)Cc1ccccc1.I. The van der Waals surface area contributed by atoms with Gasteiger partial charge in [0.15, 0.2) is 11.7 Å². The average Bonchev–Trinajstić information content (AvgIpc) is 3.10. The molecule has 0 radical (unpaired) electrons. The van der Waals surface area contributed by atoms with Gasteiger partial charge in [-0.15, -0.1) is 35.3 Å². The number of hydrogen-bond acceptors (Lipinski definition) is 4. The third-order valence-electron chi connectivity index (χ3n) is 3.49. The minimum absolute atomic E-state index is 0. The second kappa shape index (κ2) is 12.4. The van der Waals surface area contributed by atoms with Gasteiger partial charge in [0, 0.05) is 54.2 Å². The van der Waals surface area contributed by atoms with Crippen LogP contribution < -0.4 is 10.6 Å². The van der Waals surface area contributed by atoms with Crippen LogP contribution >= 0.6 is 35.3 Å². The maximum atomic E-state index is 12.5. The van der Waals surface area contributed by atoms with E-state index in [0.29, 0.717) is 42.0 Å². The molecule has 1 aromatic heterocycles. The van der Waals surface area contributed by atoms with Crippen LogP contribution in [0.5, 0.6) is 0 Å². The molecule has 0 aliphatic rings. The monoisotopic (exact) mass is 546 g/mol. The minimum Gasteiger partial charge on any atom is -0.356 e. The number of benzene rings is 1. The summed E-state index contributed by atoms with van der Waals surface area (Å²) in [6.45, 7) is 0.881. The number of nitrogens with one attached hydrogen (secondary N) is 2. The standard InChI is InChI=1S/C17H21F3N4OS2.HI/c1-21-16(22-8-7-15-24-14(11-26-15)17(18,19)20)23-9-10-27(25)12-13-5-3-2-4-6-13;/h2-6,11H,7-10,12H2,1H3,(H2,21,22,23);1H. The summed E-state index contributed by atoms with van der Waals surface area (Å²) in [7, 11) is 0.608. The molecule has 0 aliphatic carbocycles. The van der Waals surface area contributed by atoms with Crippen LogP contribution in [0.2, 0.25) is 0 Å². The number of alkyl halides is 3. The average molecular weight is 546 g/mol. The van der Waals surface area contributed by atoms with Crippen molar-refractivity contribution in [2.75, 3.05) is 25.9 Å². The Morgan fingerprint density at radius 2 is 1.89 bits per heavy atom. The maximum Gasteiger partial charge on any atom is 0.434 e. The Balaban J connectivity index is 0.00000392. The van der Waals surface area contributed by atoms with Gasteiger partial charge in [0.2, 0.25) is 0 Å². The number of rotatable bonds is 8. The van der Waals surface area contributed by atoms with Gasteiger partial charge in [-0.3, -0.25) is 9.20 Å². The van der Waals surface area contributed by atoms with Gasteiger partial charge in [0.05, 0.1) is 5.01 Å². The Labute approximate surface area is 185 Å². The molecule has 5 nitrogen and oxygen atoms in total. The fourth-order valence-electron chi connectivity index (χ4n) is 2.18. The molecule has 0 amide bonds. The van der Waals surface area contributed by atoms with Gasteiger partial charge in [-0.2, -0.15) is 13.2 Å². The van der Waals surface area contributed by atoms with Crippen molar-refractivity contribution in [2.45, 2.75) is 18.3 Å². The normalized spacial score (nSPS) is 12.9. The topological polar surface area (TPSA) is 66.4 Å². The zero-order chi connectivity index (χ0) is 19.7.